The largest absolute Gasteiger partial charge is 0.364 e. The number of carbonyl (C=O) groups is 1. The van der Waals surface area contributed by atoms with Crippen LogP contribution in [0.15, 0.2) is 36.8 Å². The summed E-state index contributed by atoms with van der Waals surface area (Å²) in [5, 5.41) is 0.283. The Kier molecular flexibility index (Phi) is 4.22. The fraction of sp³-hybridized carbons (Fsp3) is 0.118. The van der Waals surface area contributed by atoms with Gasteiger partial charge < -0.3 is 5.73 Å². The van der Waals surface area contributed by atoms with Gasteiger partial charge in [-0.1, -0.05) is 11.6 Å². The molecule has 2 N–H and O–H groups in total. The first-order valence-electron chi connectivity index (χ1n) is 7.18. The molecule has 1 amide bonds. The fourth-order valence-electron chi connectivity index (χ4n) is 2.51. The Labute approximate surface area is 143 Å². The van der Waals surface area contributed by atoms with Crippen molar-refractivity contribution in [3.8, 4) is 22.5 Å². The Morgan fingerprint density at radius 2 is 1.96 bits per heavy atom. The molecule has 7 heteroatoms. The molecule has 0 saturated carbocycles. The van der Waals surface area contributed by atoms with Gasteiger partial charge in [0.05, 0.1) is 18.1 Å². The maximum absolute atomic E-state index is 11.5. The zero-order chi connectivity index (χ0) is 17.3. The lowest BCUT2D eigenvalue weighted by atomic mass is 9.97. The summed E-state index contributed by atoms with van der Waals surface area (Å²) in [5.41, 5.74) is 10.1. The molecular weight excluding hydrogens is 326 g/mol. The highest BCUT2D eigenvalue weighted by atomic mass is 35.5. The van der Waals surface area contributed by atoms with Crippen molar-refractivity contribution in [3.63, 3.8) is 0 Å². The van der Waals surface area contributed by atoms with Gasteiger partial charge in [0.2, 0.25) is 0 Å². The van der Waals surface area contributed by atoms with E-state index in [9.17, 15) is 4.79 Å². The third-order valence-corrected chi connectivity index (χ3v) is 3.68. The van der Waals surface area contributed by atoms with Gasteiger partial charge in [-0.15, -0.1) is 0 Å². The van der Waals surface area contributed by atoms with Crippen LogP contribution in [0, 0.1) is 13.8 Å². The number of nitrogens with zero attached hydrogens (tertiary/aromatic N) is 4. The number of aromatic nitrogens is 4. The molecule has 3 aromatic heterocycles. The van der Waals surface area contributed by atoms with Crippen LogP contribution in [-0.4, -0.2) is 25.8 Å². The highest BCUT2D eigenvalue weighted by molar-refractivity contribution is 6.29. The van der Waals surface area contributed by atoms with Gasteiger partial charge in [0.15, 0.2) is 0 Å². The van der Waals surface area contributed by atoms with E-state index >= 15 is 0 Å². The summed E-state index contributed by atoms with van der Waals surface area (Å²) in [5.74, 6) is -0.578. The molecule has 0 aliphatic carbocycles. The summed E-state index contributed by atoms with van der Waals surface area (Å²) < 4.78 is 0. The number of rotatable bonds is 3. The summed E-state index contributed by atoms with van der Waals surface area (Å²) >= 11 is 5.95. The van der Waals surface area contributed by atoms with Gasteiger partial charge in [-0.05, 0) is 43.2 Å². The second-order valence-electron chi connectivity index (χ2n) is 5.33. The quantitative estimate of drug-likeness (QED) is 0.791. The molecule has 3 aromatic rings. The number of amides is 1. The summed E-state index contributed by atoms with van der Waals surface area (Å²) in [6.45, 7) is 3.76. The Morgan fingerprint density at radius 3 is 2.67 bits per heavy atom. The van der Waals surface area contributed by atoms with Crippen molar-refractivity contribution in [2.45, 2.75) is 13.8 Å². The first-order chi connectivity index (χ1) is 11.5. The highest BCUT2D eigenvalue weighted by Crippen LogP contribution is 2.32. The van der Waals surface area contributed by atoms with Gasteiger partial charge in [-0.3, -0.25) is 14.8 Å². The number of aryl methyl sites for hydroxylation is 2. The van der Waals surface area contributed by atoms with Gasteiger partial charge in [0.25, 0.3) is 5.91 Å². The number of pyridine rings is 2. The van der Waals surface area contributed by atoms with Crippen molar-refractivity contribution in [3.05, 3.63) is 58.9 Å². The molecule has 0 spiro atoms. The van der Waals surface area contributed by atoms with Crippen LogP contribution in [0.2, 0.25) is 5.15 Å². The molecule has 3 heterocycles. The SMILES string of the molecule is Cc1cc(-c2c(C)ccnc2-c2cncc(Cl)n2)cc(C(N)=O)n1. The van der Waals surface area contributed by atoms with E-state index in [0.29, 0.717) is 17.1 Å². The van der Waals surface area contributed by atoms with Crippen LogP contribution in [0.3, 0.4) is 0 Å². The molecule has 0 aliphatic rings. The highest BCUT2D eigenvalue weighted by Gasteiger charge is 2.16. The van der Waals surface area contributed by atoms with Crippen molar-refractivity contribution >= 4 is 17.5 Å². The molecule has 0 aromatic carbocycles. The van der Waals surface area contributed by atoms with Crippen LogP contribution in [0.25, 0.3) is 22.5 Å². The van der Waals surface area contributed by atoms with Gasteiger partial charge in [0.1, 0.15) is 16.5 Å². The van der Waals surface area contributed by atoms with Crippen molar-refractivity contribution in [1.82, 2.24) is 19.9 Å². The zero-order valence-corrected chi connectivity index (χ0v) is 13.9. The number of carbonyl (C=O) groups excluding carboxylic acids is 1. The first kappa shape index (κ1) is 16.0. The Balaban J connectivity index is 2.27. The van der Waals surface area contributed by atoms with E-state index in [-0.39, 0.29) is 10.8 Å². The number of hydrogen-bond acceptors (Lipinski definition) is 5. The second-order valence-corrected chi connectivity index (χ2v) is 5.71. The van der Waals surface area contributed by atoms with Crippen LogP contribution in [0.1, 0.15) is 21.7 Å². The second kappa shape index (κ2) is 6.33. The number of halogens is 1. The van der Waals surface area contributed by atoms with Crippen LogP contribution in [-0.2, 0) is 0 Å². The molecule has 120 valence electrons. The van der Waals surface area contributed by atoms with Gasteiger partial charge >= 0.3 is 0 Å². The average Bonchev–Trinajstić information content (AvgIpc) is 2.54. The summed E-state index contributed by atoms with van der Waals surface area (Å²) in [6, 6.07) is 5.41. The third-order valence-electron chi connectivity index (χ3n) is 3.50. The molecule has 0 atom stereocenters. The van der Waals surface area contributed by atoms with E-state index in [0.717, 1.165) is 16.7 Å². The summed E-state index contributed by atoms with van der Waals surface area (Å²) in [6.07, 6.45) is 4.75. The monoisotopic (exact) mass is 339 g/mol. The first-order valence-corrected chi connectivity index (χ1v) is 7.56. The Hall–Kier alpha value is -2.86. The lowest BCUT2D eigenvalue weighted by Gasteiger charge is -2.13. The molecular formula is C17H14ClN5O. The Bertz CT molecular complexity index is 942. The number of hydrogen-bond donors (Lipinski definition) is 1. The summed E-state index contributed by atoms with van der Waals surface area (Å²) in [7, 11) is 0. The normalized spacial score (nSPS) is 10.6. The van der Waals surface area contributed by atoms with E-state index in [1.54, 1.807) is 25.4 Å². The van der Waals surface area contributed by atoms with E-state index < -0.39 is 5.91 Å². The van der Waals surface area contributed by atoms with Crippen LogP contribution in [0.4, 0.5) is 0 Å². The maximum Gasteiger partial charge on any atom is 0.267 e. The molecule has 0 aliphatic heterocycles. The number of nitrogens with two attached hydrogens (primary N) is 1. The number of primary amides is 1. The zero-order valence-electron chi connectivity index (χ0n) is 13.1. The molecule has 0 unspecified atom stereocenters. The molecule has 3 rings (SSSR count). The van der Waals surface area contributed by atoms with E-state index in [2.05, 4.69) is 19.9 Å². The average molecular weight is 340 g/mol. The fourth-order valence-corrected chi connectivity index (χ4v) is 2.66. The van der Waals surface area contributed by atoms with Crippen molar-refractivity contribution in [2.75, 3.05) is 0 Å². The smallest absolute Gasteiger partial charge is 0.267 e. The predicted octanol–water partition coefficient (Wildman–Crippen LogP) is 2.97. The minimum atomic E-state index is -0.578. The van der Waals surface area contributed by atoms with Crippen LogP contribution < -0.4 is 5.73 Å². The standard InChI is InChI=1S/C17H14ClN5O/c1-9-3-4-21-16(13-7-20-8-14(18)23-13)15(9)11-5-10(2)22-12(6-11)17(19)24/h3-8H,1-2H3,(H2,19,24). The van der Waals surface area contributed by atoms with Crippen LogP contribution >= 0.6 is 11.6 Å². The lowest BCUT2D eigenvalue weighted by molar-refractivity contribution is 0.0995. The van der Waals surface area contributed by atoms with E-state index in [1.165, 1.54) is 6.20 Å². The van der Waals surface area contributed by atoms with Gasteiger partial charge in [0, 0.05) is 17.5 Å². The predicted molar refractivity (Wildman–Crippen MR) is 91.5 cm³/mol. The minimum Gasteiger partial charge on any atom is -0.364 e. The van der Waals surface area contributed by atoms with E-state index in [1.807, 2.05) is 19.1 Å². The van der Waals surface area contributed by atoms with Crippen molar-refractivity contribution < 1.29 is 4.79 Å². The minimum absolute atomic E-state index is 0.205. The Morgan fingerprint density at radius 1 is 1.17 bits per heavy atom. The maximum atomic E-state index is 11.5. The molecule has 0 bridgehead atoms. The lowest BCUT2D eigenvalue weighted by Crippen LogP contribution is -2.13. The van der Waals surface area contributed by atoms with Gasteiger partial charge in [-0.25, -0.2) is 9.97 Å². The molecule has 0 saturated heterocycles. The van der Waals surface area contributed by atoms with Crippen LogP contribution in [0.5, 0.6) is 0 Å². The molecule has 0 radical (unpaired) electrons. The van der Waals surface area contributed by atoms with Crippen molar-refractivity contribution in [1.29, 1.82) is 0 Å². The molecule has 24 heavy (non-hydrogen) atoms. The molecule has 0 fully saturated rings. The van der Waals surface area contributed by atoms with Crippen molar-refractivity contribution in [2.24, 2.45) is 5.73 Å². The topological polar surface area (TPSA) is 94.6 Å². The van der Waals surface area contributed by atoms with E-state index in [4.69, 9.17) is 17.3 Å². The van der Waals surface area contributed by atoms with Gasteiger partial charge in [-0.2, -0.15) is 0 Å². The summed E-state index contributed by atoms with van der Waals surface area (Å²) in [4.78, 5) is 28.5. The third kappa shape index (κ3) is 3.09. The molecule has 6 nitrogen and oxygen atoms in total.